The Labute approximate surface area is 120 Å². The molecule has 104 valence electrons. The zero-order chi connectivity index (χ0) is 13.8. The molecule has 2 rings (SSSR count). The van der Waals surface area contributed by atoms with Crippen LogP contribution in [0.15, 0.2) is 18.2 Å². The van der Waals surface area contributed by atoms with Crippen molar-refractivity contribution in [1.82, 2.24) is 4.90 Å². The monoisotopic (exact) mass is 329 g/mol. The Morgan fingerprint density at radius 3 is 3.00 bits per heavy atom. The number of halogens is 2. The third-order valence-corrected chi connectivity index (χ3v) is 4.22. The lowest BCUT2D eigenvalue weighted by Gasteiger charge is -2.35. The summed E-state index contributed by atoms with van der Waals surface area (Å²) in [4.78, 5) is 14.3. The van der Waals surface area contributed by atoms with Crippen molar-refractivity contribution in [2.24, 2.45) is 0 Å². The molecule has 1 heterocycles. The number of hydrogen-bond acceptors (Lipinski definition) is 2. The molecule has 1 aliphatic rings. The van der Waals surface area contributed by atoms with E-state index in [0.717, 1.165) is 24.6 Å². The first-order valence-corrected chi connectivity index (χ1v) is 7.50. The van der Waals surface area contributed by atoms with Crippen molar-refractivity contribution < 1.29 is 13.9 Å². The minimum absolute atomic E-state index is 0.0397. The van der Waals surface area contributed by atoms with Crippen LogP contribution in [0, 0.1) is 5.82 Å². The summed E-state index contributed by atoms with van der Waals surface area (Å²) in [7, 11) is 1.45. The first-order chi connectivity index (χ1) is 9.19. The lowest BCUT2D eigenvalue weighted by Crippen LogP contribution is -2.45. The van der Waals surface area contributed by atoms with Gasteiger partial charge in [0.25, 0.3) is 5.91 Å². The van der Waals surface area contributed by atoms with Crippen molar-refractivity contribution in [3.63, 3.8) is 0 Å². The average Bonchev–Trinajstić information content (AvgIpc) is 2.46. The van der Waals surface area contributed by atoms with Gasteiger partial charge in [-0.3, -0.25) is 4.79 Å². The Hall–Kier alpha value is -1.10. The zero-order valence-corrected chi connectivity index (χ0v) is 12.5. The molecule has 0 saturated carbocycles. The highest BCUT2D eigenvalue weighted by atomic mass is 79.9. The van der Waals surface area contributed by atoms with E-state index in [1.807, 2.05) is 0 Å². The average molecular weight is 330 g/mol. The Morgan fingerprint density at radius 1 is 1.53 bits per heavy atom. The quantitative estimate of drug-likeness (QED) is 0.797. The smallest absolute Gasteiger partial charge is 0.260 e. The van der Waals surface area contributed by atoms with Crippen molar-refractivity contribution in [3.8, 4) is 5.75 Å². The van der Waals surface area contributed by atoms with E-state index in [-0.39, 0.29) is 17.5 Å². The summed E-state index contributed by atoms with van der Waals surface area (Å²) in [5, 5.41) is 0.718. The van der Waals surface area contributed by atoms with Gasteiger partial charge in [-0.1, -0.05) is 22.0 Å². The number of likely N-dealkylation sites (tertiary alicyclic amines) is 1. The van der Waals surface area contributed by atoms with E-state index in [2.05, 4.69) is 15.9 Å². The summed E-state index contributed by atoms with van der Waals surface area (Å²) in [5.74, 6) is -0.508. The zero-order valence-electron chi connectivity index (χ0n) is 10.9. The molecule has 3 nitrogen and oxygen atoms in total. The number of methoxy groups -OCH3 is 1. The molecule has 1 amide bonds. The Balaban J connectivity index is 2.32. The molecule has 1 aromatic carbocycles. The molecule has 1 atom stereocenters. The summed E-state index contributed by atoms with van der Waals surface area (Å²) in [6.45, 7) is 0.673. The molecule has 0 spiro atoms. The van der Waals surface area contributed by atoms with Crippen LogP contribution in [0.2, 0.25) is 0 Å². The predicted octanol–water partition coefficient (Wildman–Crippen LogP) is 3.22. The molecule has 0 aliphatic carbocycles. The molecule has 1 saturated heterocycles. The van der Waals surface area contributed by atoms with Crippen molar-refractivity contribution >= 4 is 21.8 Å². The Morgan fingerprint density at radius 2 is 2.32 bits per heavy atom. The molecular formula is C14H17BrFNO2. The number of amides is 1. The number of ether oxygens (including phenoxy) is 1. The highest BCUT2D eigenvalue weighted by molar-refractivity contribution is 9.09. The van der Waals surface area contributed by atoms with Gasteiger partial charge in [0.15, 0.2) is 0 Å². The fourth-order valence-electron chi connectivity index (χ4n) is 2.45. The van der Waals surface area contributed by atoms with Crippen LogP contribution in [0.25, 0.3) is 0 Å². The minimum atomic E-state index is -0.525. The fourth-order valence-corrected chi connectivity index (χ4v) is 3.13. The van der Waals surface area contributed by atoms with Gasteiger partial charge >= 0.3 is 0 Å². The van der Waals surface area contributed by atoms with Gasteiger partial charge in [0.1, 0.15) is 17.1 Å². The summed E-state index contributed by atoms with van der Waals surface area (Å²) >= 11 is 3.43. The third-order valence-electron chi connectivity index (χ3n) is 3.48. The molecule has 0 bridgehead atoms. The van der Waals surface area contributed by atoms with Crippen LogP contribution in [0.3, 0.4) is 0 Å². The number of piperidine rings is 1. The number of benzene rings is 1. The van der Waals surface area contributed by atoms with Gasteiger partial charge in [0, 0.05) is 17.9 Å². The molecular weight excluding hydrogens is 313 g/mol. The van der Waals surface area contributed by atoms with Gasteiger partial charge in [0.05, 0.1) is 7.11 Å². The van der Waals surface area contributed by atoms with E-state index in [0.29, 0.717) is 12.3 Å². The van der Waals surface area contributed by atoms with E-state index < -0.39 is 5.82 Å². The lowest BCUT2D eigenvalue weighted by molar-refractivity contribution is 0.0633. The molecule has 1 aromatic rings. The molecule has 0 N–H and O–H groups in total. The highest BCUT2D eigenvalue weighted by Crippen LogP contribution is 2.27. The fraction of sp³-hybridized carbons (Fsp3) is 0.500. The van der Waals surface area contributed by atoms with Gasteiger partial charge in [-0.05, 0) is 31.4 Å². The third kappa shape index (κ3) is 2.91. The number of alkyl halides is 1. The molecule has 0 aromatic heterocycles. The topological polar surface area (TPSA) is 29.5 Å². The standard InChI is InChI=1S/C14H17BrFNO2/c1-19-12-7-4-6-11(16)13(12)14(18)17-8-3-2-5-10(17)9-15/h4,6-7,10H,2-3,5,8-9H2,1H3. The number of hydrogen-bond donors (Lipinski definition) is 0. The van der Waals surface area contributed by atoms with Crippen LogP contribution in [0.1, 0.15) is 29.6 Å². The first kappa shape index (κ1) is 14.3. The summed E-state index contributed by atoms with van der Waals surface area (Å²) in [5.41, 5.74) is 0.0397. The van der Waals surface area contributed by atoms with Crippen molar-refractivity contribution in [2.75, 3.05) is 19.0 Å². The predicted molar refractivity (Wildman–Crippen MR) is 75.4 cm³/mol. The Bertz CT molecular complexity index is 467. The number of carbonyl (C=O) groups excluding carboxylic acids is 1. The van der Waals surface area contributed by atoms with Gasteiger partial charge in [0.2, 0.25) is 0 Å². The summed E-state index contributed by atoms with van der Waals surface area (Å²) < 4.78 is 19.0. The molecule has 1 fully saturated rings. The molecule has 1 aliphatic heterocycles. The second-order valence-electron chi connectivity index (χ2n) is 4.62. The first-order valence-electron chi connectivity index (χ1n) is 6.38. The number of nitrogens with zero attached hydrogens (tertiary/aromatic N) is 1. The van der Waals surface area contributed by atoms with E-state index >= 15 is 0 Å². The van der Waals surface area contributed by atoms with Crippen LogP contribution < -0.4 is 4.74 Å². The number of rotatable bonds is 3. The van der Waals surface area contributed by atoms with Gasteiger partial charge in [-0.25, -0.2) is 4.39 Å². The number of carbonyl (C=O) groups is 1. The van der Waals surface area contributed by atoms with E-state index in [1.54, 1.807) is 17.0 Å². The maximum Gasteiger partial charge on any atom is 0.260 e. The van der Waals surface area contributed by atoms with Crippen LogP contribution in [0.4, 0.5) is 4.39 Å². The van der Waals surface area contributed by atoms with Crippen LogP contribution in [0.5, 0.6) is 5.75 Å². The van der Waals surface area contributed by atoms with Gasteiger partial charge in [-0.15, -0.1) is 0 Å². The lowest BCUT2D eigenvalue weighted by atomic mass is 10.0. The summed E-state index contributed by atoms with van der Waals surface area (Å²) in [6.07, 6.45) is 3.02. The molecule has 19 heavy (non-hydrogen) atoms. The maximum atomic E-state index is 13.9. The van der Waals surface area contributed by atoms with Crippen LogP contribution in [-0.4, -0.2) is 35.8 Å². The van der Waals surface area contributed by atoms with Crippen LogP contribution in [-0.2, 0) is 0 Å². The van der Waals surface area contributed by atoms with Gasteiger partial charge < -0.3 is 9.64 Å². The largest absolute Gasteiger partial charge is 0.496 e. The SMILES string of the molecule is COc1cccc(F)c1C(=O)N1CCCCC1CBr. The van der Waals surface area contributed by atoms with E-state index in [4.69, 9.17) is 4.74 Å². The Kier molecular flexibility index (Phi) is 4.80. The van der Waals surface area contributed by atoms with E-state index in [9.17, 15) is 9.18 Å². The maximum absolute atomic E-state index is 13.9. The molecule has 5 heteroatoms. The molecule has 1 unspecified atom stereocenters. The van der Waals surface area contributed by atoms with Crippen LogP contribution >= 0.6 is 15.9 Å². The minimum Gasteiger partial charge on any atom is -0.496 e. The van der Waals surface area contributed by atoms with Gasteiger partial charge in [-0.2, -0.15) is 0 Å². The van der Waals surface area contributed by atoms with E-state index in [1.165, 1.54) is 13.2 Å². The van der Waals surface area contributed by atoms with Crippen molar-refractivity contribution in [1.29, 1.82) is 0 Å². The second kappa shape index (κ2) is 6.37. The second-order valence-corrected chi connectivity index (χ2v) is 5.27. The van der Waals surface area contributed by atoms with Crippen molar-refractivity contribution in [2.45, 2.75) is 25.3 Å². The summed E-state index contributed by atoms with van der Waals surface area (Å²) in [6, 6.07) is 4.58. The van der Waals surface area contributed by atoms with Crippen molar-refractivity contribution in [3.05, 3.63) is 29.6 Å². The normalized spacial score (nSPS) is 19.3. The molecule has 0 radical (unpaired) electrons. The highest BCUT2D eigenvalue weighted by Gasteiger charge is 2.30.